The lowest BCUT2D eigenvalue weighted by atomic mass is 9.70. The highest BCUT2D eigenvalue weighted by Crippen LogP contribution is 2.46. The SMILES string of the molecule is CNc1nc(C2(OC)CCC(C)(C)CC2)ns1. The summed E-state index contributed by atoms with van der Waals surface area (Å²) in [5.41, 5.74) is 0.158. The number of rotatable bonds is 3. The molecule has 1 aliphatic carbocycles. The monoisotopic (exact) mass is 255 g/mol. The molecule has 0 unspecified atom stereocenters. The molecular weight excluding hydrogens is 234 g/mol. The Bertz CT molecular complexity index is 379. The van der Waals surface area contributed by atoms with Crippen molar-refractivity contribution in [2.45, 2.75) is 45.1 Å². The van der Waals surface area contributed by atoms with Crippen molar-refractivity contribution in [2.24, 2.45) is 5.41 Å². The van der Waals surface area contributed by atoms with Gasteiger partial charge in [-0.2, -0.15) is 4.37 Å². The molecule has 1 saturated carbocycles. The Hall–Kier alpha value is -0.680. The fraction of sp³-hybridized carbons (Fsp3) is 0.833. The molecule has 1 aliphatic rings. The van der Waals surface area contributed by atoms with E-state index >= 15 is 0 Å². The molecule has 1 N–H and O–H groups in total. The number of hydrogen-bond acceptors (Lipinski definition) is 5. The largest absolute Gasteiger partial charge is 0.370 e. The van der Waals surface area contributed by atoms with Crippen LogP contribution in [-0.4, -0.2) is 23.5 Å². The predicted octanol–water partition coefficient (Wildman–Crippen LogP) is 3.02. The minimum Gasteiger partial charge on any atom is -0.370 e. The minimum absolute atomic E-state index is 0.263. The van der Waals surface area contributed by atoms with Gasteiger partial charge in [-0.25, -0.2) is 4.98 Å². The molecule has 0 spiro atoms. The number of nitrogens with one attached hydrogen (secondary N) is 1. The van der Waals surface area contributed by atoms with Gasteiger partial charge in [0, 0.05) is 25.7 Å². The second kappa shape index (κ2) is 4.53. The van der Waals surface area contributed by atoms with Crippen LogP contribution >= 0.6 is 11.5 Å². The van der Waals surface area contributed by atoms with Crippen LogP contribution in [0, 0.1) is 5.41 Å². The molecule has 1 aromatic rings. The molecule has 96 valence electrons. The standard InChI is InChI=1S/C12H21N3OS/c1-11(2)5-7-12(16-4,8-6-11)9-14-10(13-3)17-15-9/h5-8H2,1-4H3,(H,13,14,15). The predicted molar refractivity (Wildman–Crippen MR) is 70.4 cm³/mol. The first-order valence-corrected chi connectivity index (χ1v) is 6.86. The lowest BCUT2D eigenvalue weighted by molar-refractivity contribution is -0.0720. The fourth-order valence-electron chi connectivity index (χ4n) is 2.36. The van der Waals surface area contributed by atoms with Crippen LogP contribution in [0.4, 0.5) is 5.13 Å². The number of hydrogen-bond donors (Lipinski definition) is 1. The van der Waals surface area contributed by atoms with E-state index < -0.39 is 0 Å². The van der Waals surface area contributed by atoms with E-state index in [4.69, 9.17) is 4.74 Å². The van der Waals surface area contributed by atoms with Gasteiger partial charge < -0.3 is 10.1 Å². The molecule has 0 aromatic carbocycles. The van der Waals surface area contributed by atoms with E-state index in [1.165, 1.54) is 11.5 Å². The highest BCUT2D eigenvalue weighted by molar-refractivity contribution is 7.09. The van der Waals surface area contributed by atoms with Crippen molar-refractivity contribution < 1.29 is 4.74 Å². The summed E-state index contributed by atoms with van der Waals surface area (Å²) in [4.78, 5) is 4.51. The topological polar surface area (TPSA) is 47.0 Å². The lowest BCUT2D eigenvalue weighted by Crippen LogP contribution is -2.37. The quantitative estimate of drug-likeness (QED) is 0.902. The summed E-state index contributed by atoms with van der Waals surface area (Å²) in [7, 11) is 3.64. The maximum absolute atomic E-state index is 5.77. The van der Waals surface area contributed by atoms with Crippen LogP contribution < -0.4 is 5.32 Å². The van der Waals surface area contributed by atoms with E-state index in [0.29, 0.717) is 5.41 Å². The average Bonchev–Trinajstić information content (AvgIpc) is 2.79. The van der Waals surface area contributed by atoms with Gasteiger partial charge in [-0.1, -0.05) is 13.8 Å². The molecule has 1 heterocycles. The summed E-state index contributed by atoms with van der Waals surface area (Å²) in [6.45, 7) is 4.64. The van der Waals surface area contributed by atoms with Crippen molar-refractivity contribution in [3.05, 3.63) is 5.82 Å². The van der Waals surface area contributed by atoms with Gasteiger partial charge in [-0.3, -0.25) is 0 Å². The number of ether oxygens (including phenoxy) is 1. The number of nitrogens with zero attached hydrogens (tertiary/aromatic N) is 2. The van der Waals surface area contributed by atoms with E-state index in [0.717, 1.165) is 36.6 Å². The molecule has 0 amide bonds. The second-order valence-corrected chi connectivity index (χ2v) is 6.29. The molecule has 0 saturated heterocycles. The summed E-state index contributed by atoms with van der Waals surface area (Å²) in [5, 5.41) is 3.90. The van der Waals surface area contributed by atoms with Gasteiger partial charge >= 0.3 is 0 Å². The molecule has 1 fully saturated rings. The van der Waals surface area contributed by atoms with Crippen molar-refractivity contribution in [3.63, 3.8) is 0 Å². The van der Waals surface area contributed by atoms with Crippen LogP contribution in [0.15, 0.2) is 0 Å². The molecule has 0 atom stereocenters. The average molecular weight is 255 g/mol. The molecule has 0 radical (unpaired) electrons. The highest BCUT2D eigenvalue weighted by Gasteiger charge is 2.42. The molecule has 2 rings (SSSR count). The molecule has 4 nitrogen and oxygen atoms in total. The number of aromatic nitrogens is 2. The second-order valence-electron chi connectivity index (χ2n) is 5.54. The van der Waals surface area contributed by atoms with Crippen LogP contribution in [0.2, 0.25) is 0 Å². The number of anilines is 1. The smallest absolute Gasteiger partial charge is 0.202 e. The molecule has 5 heteroatoms. The third-order valence-corrected chi connectivity index (χ3v) is 4.58. The van der Waals surface area contributed by atoms with Gasteiger partial charge in [-0.05, 0) is 31.1 Å². The molecule has 0 bridgehead atoms. The first-order valence-electron chi connectivity index (χ1n) is 6.08. The van der Waals surface area contributed by atoms with Crippen LogP contribution in [-0.2, 0) is 10.3 Å². The van der Waals surface area contributed by atoms with E-state index in [2.05, 4.69) is 28.5 Å². The van der Waals surface area contributed by atoms with Crippen LogP contribution in [0.5, 0.6) is 0 Å². The van der Waals surface area contributed by atoms with E-state index in [-0.39, 0.29) is 5.60 Å². The zero-order valence-corrected chi connectivity index (χ0v) is 11.9. The Kier molecular flexibility index (Phi) is 3.41. The van der Waals surface area contributed by atoms with Crippen molar-refractivity contribution >= 4 is 16.7 Å². The van der Waals surface area contributed by atoms with Crippen molar-refractivity contribution in [1.82, 2.24) is 9.36 Å². The van der Waals surface area contributed by atoms with Gasteiger partial charge in [0.05, 0.1) is 0 Å². The molecule has 17 heavy (non-hydrogen) atoms. The third-order valence-electron chi connectivity index (χ3n) is 3.85. The van der Waals surface area contributed by atoms with Gasteiger partial charge in [0.15, 0.2) is 5.82 Å². The van der Waals surface area contributed by atoms with Crippen LogP contribution in [0.1, 0.15) is 45.4 Å². The Morgan fingerprint density at radius 1 is 1.24 bits per heavy atom. The van der Waals surface area contributed by atoms with Crippen LogP contribution in [0.25, 0.3) is 0 Å². The Morgan fingerprint density at radius 3 is 2.35 bits per heavy atom. The summed E-state index contributed by atoms with van der Waals surface area (Å²) in [5.74, 6) is 0.852. The van der Waals surface area contributed by atoms with Crippen LogP contribution in [0.3, 0.4) is 0 Å². The first-order chi connectivity index (χ1) is 8.01. The van der Waals surface area contributed by atoms with Crippen molar-refractivity contribution in [1.29, 1.82) is 0 Å². The van der Waals surface area contributed by atoms with Gasteiger partial charge in [-0.15, -0.1) is 0 Å². The molecule has 1 aromatic heterocycles. The Labute approximate surface area is 107 Å². The van der Waals surface area contributed by atoms with Gasteiger partial charge in [0.2, 0.25) is 5.13 Å². The highest BCUT2D eigenvalue weighted by atomic mass is 32.1. The van der Waals surface area contributed by atoms with E-state index in [9.17, 15) is 0 Å². The normalized spacial score (nSPS) is 22.4. The van der Waals surface area contributed by atoms with Crippen molar-refractivity contribution in [3.8, 4) is 0 Å². The summed E-state index contributed by atoms with van der Waals surface area (Å²) >= 11 is 1.40. The van der Waals surface area contributed by atoms with E-state index in [1.54, 1.807) is 7.11 Å². The minimum atomic E-state index is -0.263. The lowest BCUT2D eigenvalue weighted by Gasteiger charge is -2.40. The first kappa shape index (κ1) is 12.8. The Morgan fingerprint density at radius 2 is 1.88 bits per heavy atom. The molecule has 0 aliphatic heterocycles. The van der Waals surface area contributed by atoms with Gasteiger partial charge in [0.1, 0.15) is 5.60 Å². The fourth-order valence-corrected chi connectivity index (χ4v) is 2.96. The van der Waals surface area contributed by atoms with Gasteiger partial charge in [0.25, 0.3) is 0 Å². The Balaban J connectivity index is 2.21. The van der Waals surface area contributed by atoms with Crippen molar-refractivity contribution in [2.75, 3.05) is 19.5 Å². The zero-order valence-electron chi connectivity index (χ0n) is 11.0. The number of methoxy groups -OCH3 is 1. The summed E-state index contributed by atoms with van der Waals surface area (Å²) in [6, 6.07) is 0. The summed E-state index contributed by atoms with van der Waals surface area (Å²) in [6.07, 6.45) is 4.34. The zero-order chi connectivity index (χ0) is 12.5. The maximum atomic E-state index is 5.77. The maximum Gasteiger partial charge on any atom is 0.202 e. The summed E-state index contributed by atoms with van der Waals surface area (Å²) < 4.78 is 10.2. The molecular formula is C12H21N3OS. The van der Waals surface area contributed by atoms with E-state index in [1.807, 2.05) is 7.05 Å². The third kappa shape index (κ3) is 2.45.